The predicted octanol–water partition coefficient (Wildman–Crippen LogP) is 3.18. The molecule has 0 aliphatic carbocycles. The quantitative estimate of drug-likeness (QED) is 0.874. The molecule has 1 aromatic carbocycles. The Hall–Kier alpha value is -1.61. The molecule has 0 aliphatic rings. The third kappa shape index (κ3) is 3.48. The molecule has 0 saturated carbocycles. The molecule has 20 heavy (non-hydrogen) atoms. The number of hydrogen-bond acceptors (Lipinski definition) is 2. The van der Waals surface area contributed by atoms with Crippen LogP contribution in [0.25, 0.3) is 0 Å². The van der Waals surface area contributed by atoms with Crippen molar-refractivity contribution in [2.75, 3.05) is 6.54 Å². The van der Waals surface area contributed by atoms with Crippen molar-refractivity contribution in [3.63, 3.8) is 0 Å². The molecule has 0 saturated heterocycles. The number of likely N-dealkylation sites (N-methyl/N-ethyl adjacent to an activating group) is 1. The van der Waals surface area contributed by atoms with Gasteiger partial charge in [-0.1, -0.05) is 43.7 Å². The van der Waals surface area contributed by atoms with Crippen LogP contribution in [0, 0.1) is 6.92 Å². The Morgan fingerprint density at radius 2 is 1.90 bits per heavy atom. The first-order valence-corrected chi connectivity index (χ1v) is 7.45. The van der Waals surface area contributed by atoms with Gasteiger partial charge in [0.2, 0.25) is 0 Å². The van der Waals surface area contributed by atoms with E-state index in [1.807, 2.05) is 11.7 Å². The maximum Gasteiger partial charge on any atom is 0.0624 e. The number of aryl methyl sites for hydroxylation is 3. The lowest BCUT2D eigenvalue weighted by molar-refractivity contribution is 0.528. The van der Waals surface area contributed by atoms with Crippen LogP contribution in [-0.2, 0) is 19.9 Å². The zero-order valence-corrected chi connectivity index (χ0v) is 13.0. The lowest BCUT2D eigenvalue weighted by Gasteiger charge is -2.18. The molecule has 1 N–H and O–H groups in total. The molecular weight excluding hydrogens is 246 g/mol. The monoisotopic (exact) mass is 271 g/mol. The van der Waals surface area contributed by atoms with Crippen molar-refractivity contribution < 1.29 is 0 Å². The SMILES string of the molecule is CCNC(Cc1cc(CC)nn1C)c1ccc(C)cc1. The Kier molecular flexibility index (Phi) is 4.96. The minimum absolute atomic E-state index is 0.348. The molecular formula is C17H25N3. The second-order valence-electron chi connectivity index (χ2n) is 5.33. The smallest absolute Gasteiger partial charge is 0.0624 e. The first-order valence-electron chi connectivity index (χ1n) is 7.45. The predicted molar refractivity (Wildman–Crippen MR) is 83.9 cm³/mol. The second kappa shape index (κ2) is 6.71. The van der Waals surface area contributed by atoms with Crippen molar-refractivity contribution in [2.45, 2.75) is 39.7 Å². The summed E-state index contributed by atoms with van der Waals surface area (Å²) in [6.07, 6.45) is 1.96. The molecule has 0 fully saturated rings. The van der Waals surface area contributed by atoms with Crippen LogP contribution in [0.5, 0.6) is 0 Å². The molecule has 0 spiro atoms. The maximum absolute atomic E-state index is 4.54. The minimum atomic E-state index is 0.348. The Morgan fingerprint density at radius 1 is 1.20 bits per heavy atom. The zero-order chi connectivity index (χ0) is 14.5. The second-order valence-corrected chi connectivity index (χ2v) is 5.33. The van der Waals surface area contributed by atoms with Crippen molar-refractivity contribution in [3.8, 4) is 0 Å². The summed E-state index contributed by atoms with van der Waals surface area (Å²) in [5.41, 5.74) is 5.10. The summed E-state index contributed by atoms with van der Waals surface area (Å²) in [4.78, 5) is 0. The number of hydrogen-bond donors (Lipinski definition) is 1. The summed E-state index contributed by atoms with van der Waals surface area (Å²) in [6.45, 7) is 7.40. The van der Waals surface area contributed by atoms with Crippen molar-refractivity contribution in [2.24, 2.45) is 7.05 Å². The third-order valence-electron chi connectivity index (χ3n) is 3.73. The lowest BCUT2D eigenvalue weighted by atomic mass is 10.0. The summed E-state index contributed by atoms with van der Waals surface area (Å²) in [5, 5.41) is 8.12. The van der Waals surface area contributed by atoms with Crippen LogP contribution in [0.15, 0.2) is 30.3 Å². The van der Waals surface area contributed by atoms with E-state index in [0.29, 0.717) is 6.04 Å². The van der Waals surface area contributed by atoms with Crippen LogP contribution in [0.4, 0.5) is 0 Å². The molecule has 0 bridgehead atoms. The molecule has 108 valence electrons. The van der Waals surface area contributed by atoms with Crippen LogP contribution in [0.3, 0.4) is 0 Å². The molecule has 2 aromatic rings. The van der Waals surface area contributed by atoms with Gasteiger partial charge in [0.15, 0.2) is 0 Å². The van der Waals surface area contributed by atoms with Gasteiger partial charge in [0, 0.05) is 25.2 Å². The van der Waals surface area contributed by atoms with Gasteiger partial charge < -0.3 is 5.32 Å². The average Bonchev–Trinajstić information content (AvgIpc) is 2.80. The first kappa shape index (κ1) is 14.8. The fourth-order valence-corrected chi connectivity index (χ4v) is 2.50. The number of aromatic nitrogens is 2. The van der Waals surface area contributed by atoms with E-state index in [1.165, 1.54) is 22.5 Å². The van der Waals surface area contributed by atoms with Gasteiger partial charge >= 0.3 is 0 Å². The molecule has 2 rings (SSSR count). The van der Waals surface area contributed by atoms with Gasteiger partial charge in [0.1, 0.15) is 0 Å². The van der Waals surface area contributed by atoms with E-state index in [0.717, 1.165) is 19.4 Å². The molecule has 0 aliphatic heterocycles. The Morgan fingerprint density at radius 3 is 2.45 bits per heavy atom. The van der Waals surface area contributed by atoms with Crippen LogP contribution >= 0.6 is 0 Å². The highest BCUT2D eigenvalue weighted by atomic mass is 15.3. The number of nitrogens with zero attached hydrogens (tertiary/aromatic N) is 2. The van der Waals surface area contributed by atoms with E-state index in [2.05, 4.69) is 61.5 Å². The van der Waals surface area contributed by atoms with Gasteiger partial charge in [-0.25, -0.2) is 0 Å². The third-order valence-corrected chi connectivity index (χ3v) is 3.73. The zero-order valence-electron chi connectivity index (χ0n) is 13.0. The van der Waals surface area contributed by atoms with Crippen LogP contribution in [0.2, 0.25) is 0 Å². The molecule has 1 aromatic heterocycles. The summed E-state index contributed by atoms with van der Waals surface area (Å²) in [6, 6.07) is 11.4. The number of benzene rings is 1. The summed E-state index contributed by atoms with van der Waals surface area (Å²) >= 11 is 0. The summed E-state index contributed by atoms with van der Waals surface area (Å²) in [7, 11) is 2.03. The molecule has 1 heterocycles. The topological polar surface area (TPSA) is 29.9 Å². The number of nitrogens with one attached hydrogen (secondary N) is 1. The van der Waals surface area contributed by atoms with Crippen LogP contribution in [-0.4, -0.2) is 16.3 Å². The molecule has 0 amide bonds. The molecule has 1 atom stereocenters. The average molecular weight is 271 g/mol. The fourth-order valence-electron chi connectivity index (χ4n) is 2.50. The molecule has 0 radical (unpaired) electrons. The Balaban J connectivity index is 2.20. The normalized spacial score (nSPS) is 12.6. The van der Waals surface area contributed by atoms with Gasteiger partial charge in [0.05, 0.1) is 5.69 Å². The van der Waals surface area contributed by atoms with E-state index in [4.69, 9.17) is 0 Å². The molecule has 3 nitrogen and oxygen atoms in total. The molecule has 3 heteroatoms. The highest BCUT2D eigenvalue weighted by Gasteiger charge is 2.14. The van der Waals surface area contributed by atoms with Crippen LogP contribution in [0.1, 0.15) is 42.4 Å². The summed E-state index contributed by atoms with van der Waals surface area (Å²) in [5.74, 6) is 0. The van der Waals surface area contributed by atoms with Crippen molar-refractivity contribution in [3.05, 3.63) is 52.8 Å². The number of rotatable bonds is 6. The highest BCUT2D eigenvalue weighted by Crippen LogP contribution is 2.19. The Bertz CT molecular complexity index is 540. The van der Waals surface area contributed by atoms with Gasteiger partial charge in [-0.05, 0) is 31.5 Å². The largest absolute Gasteiger partial charge is 0.310 e. The minimum Gasteiger partial charge on any atom is -0.310 e. The van der Waals surface area contributed by atoms with E-state index >= 15 is 0 Å². The van der Waals surface area contributed by atoms with Gasteiger partial charge in [-0.3, -0.25) is 4.68 Å². The van der Waals surface area contributed by atoms with Crippen molar-refractivity contribution in [1.29, 1.82) is 0 Å². The first-order chi connectivity index (χ1) is 9.63. The van der Waals surface area contributed by atoms with E-state index < -0.39 is 0 Å². The van der Waals surface area contributed by atoms with Gasteiger partial charge in [-0.15, -0.1) is 0 Å². The van der Waals surface area contributed by atoms with Crippen molar-refractivity contribution >= 4 is 0 Å². The summed E-state index contributed by atoms with van der Waals surface area (Å²) < 4.78 is 2.01. The van der Waals surface area contributed by atoms with Gasteiger partial charge in [-0.2, -0.15) is 5.10 Å². The maximum atomic E-state index is 4.54. The van der Waals surface area contributed by atoms with E-state index in [1.54, 1.807) is 0 Å². The fraction of sp³-hybridized carbons (Fsp3) is 0.471. The van der Waals surface area contributed by atoms with E-state index in [9.17, 15) is 0 Å². The van der Waals surface area contributed by atoms with Gasteiger partial charge in [0.25, 0.3) is 0 Å². The van der Waals surface area contributed by atoms with E-state index in [-0.39, 0.29) is 0 Å². The lowest BCUT2D eigenvalue weighted by Crippen LogP contribution is -2.23. The Labute approximate surface area is 122 Å². The molecule has 1 unspecified atom stereocenters. The van der Waals surface area contributed by atoms with Crippen molar-refractivity contribution in [1.82, 2.24) is 15.1 Å². The standard InChI is InChI=1S/C17H25N3/c1-5-15-11-16(20(4)19-15)12-17(18-6-2)14-9-7-13(3)8-10-14/h7-11,17-18H,5-6,12H2,1-4H3. The highest BCUT2D eigenvalue weighted by molar-refractivity contribution is 5.26. The van der Waals surface area contributed by atoms with Crippen LogP contribution < -0.4 is 5.32 Å².